The van der Waals surface area contributed by atoms with Gasteiger partial charge in [-0.3, -0.25) is 4.79 Å². The molecular formula is C13H15N3O2. The number of hydrogen-bond donors (Lipinski definition) is 1. The number of carbonyl (C=O) groups is 1. The van der Waals surface area contributed by atoms with Crippen molar-refractivity contribution in [2.45, 2.75) is 31.9 Å². The number of aromatic nitrogens is 1. The Labute approximate surface area is 106 Å². The molecule has 2 atom stereocenters. The fourth-order valence-corrected chi connectivity index (χ4v) is 1.98. The van der Waals surface area contributed by atoms with E-state index >= 15 is 0 Å². The van der Waals surface area contributed by atoms with Gasteiger partial charge in [-0.25, -0.2) is 4.98 Å². The lowest BCUT2D eigenvalue weighted by molar-refractivity contribution is 0.0136. The summed E-state index contributed by atoms with van der Waals surface area (Å²) in [6, 6.07) is 5.27. The lowest BCUT2D eigenvalue weighted by Crippen LogP contribution is -2.41. The predicted octanol–water partition coefficient (Wildman–Crippen LogP) is 1.25. The highest BCUT2D eigenvalue weighted by Crippen LogP contribution is 2.13. The topological polar surface area (TPSA) is 75.0 Å². The van der Waals surface area contributed by atoms with Crippen molar-refractivity contribution in [1.82, 2.24) is 10.3 Å². The van der Waals surface area contributed by atoms with Gasteiger partial charge in [-0.15, -0.1) is 0 Å². The van der Waals surface area contributed by atoms with Crippen molar-refractivity contribution < 1.29 is 9.53 Å². The molecule has 1 aliphatic heterocycles. The van der Waals surface area contributed by atoms with Gasteiger partial charge in [-0.05, 0) is 31.9 Å². The van der Waals surface area contributed by atoms with E-state index in [1.807, 2.05) is 13.0 Å². The summed E-state index contributed by atoms with van der Waals surface area (Å²) in [7, 11) is 0. The van der Waals surface area contributed by atoms with Crippen LogP contribution in [0.4, 0.5) is 0 Å². The van der Waals surface area contributed by atoms with E-state index in [2.05, 4.69) is 10.3 Å². The average molecular weight is 245 g/mol. The van der Waals surface area contributed by atoms with Crippen molar-refractivity contribution in [3.8, 4) is 6.07 Å². The van der Waals surface area contributed by atoms with Crippen LogP contribution in [-0.2, 0) is 4.74 Å². The molecule has 5 nitrogen and oxygen atoms in total. The molecule has 1 aromatic rings. The number of carbonyl (C=O) groups excluding carboxylic acids is 1. The van der Waals surface area contributed by atoms with Crippen LogP contribution in [0, 0.1) is 11.3 Å². The molecule has 0 spiro atoms. The van der Waals surface area contributed by atoms with Crippen LogP contribution in [0.3, 0.4) is 0 Å². The van der Waals surface area contributed by atoms with Crippen molar-refractivity contribution >= 4 is 5.91 Å². The molecule has 0 radical (unpaired) electrons. The molecule has 2 unspecified atom stereocenters. The summed E-state index contributed by atoms with van der Waals surface area (Å²) < 4.78 is 5.42. The second kappa shape index (κ2) is 5.61. The minimum absolute atomic E-state index is 0.138. The highest BCUT2D eigenvalue weighted by atomic mass is 16.5. The predicted molar refractivity (Wildman–Crippen MR) is 64.9 cm³/mol. The Morgan fingerprint density at radius 1 is 1.61 bits per heavy atom. The summed E-state index contributed by atoms with van der Waals surface area (Å²) in [4.78, 5) is 15.9. The molecule has 1 aliphatic rings. The second-order valence-corrected chi connectivity index (χ2v) is 4.42. The molecule has 18 heavy (non-hydrogen) atoms. The number of amides is 1. The smallest absolute Gasteiger partial charge is 0.270 e. The monoisotopic (exact) mass is 245 g/mol. The molecule has 5 heteroatoms. The zero-order valence-corrected chi connectivity index (χ0v) is 10.2. The summed E-state index contributed by atoms with van der Waals surface area (Å²) in [5.41, 5.74) is 0.791. The highest BCUT2D eigenvalue weighted by Gasteiger charge is 2.21. The van der Waals surface area contributed by atoms with Gasteiger partial charge in [0.25, 0.3) is 5.91 Å². The third-order valence-electron chi connectivity index (χ3n) is 2.95. The number of nitrogens with zero attached hydrogens (tertiary/aromatic N) is 2. The number of rotatable bonds is 2. The van der Waals surface area contributed by atoms with Crippen LogP contribution < -0.4 is 5.32 Å². The van der Waals surface area contributed by atoms with Gasteiger partial charge in [-0.1, -0.05) is 0 Å². The first kappa shape index (κ1) is 12.5. The quantitative estimate of drug-likeness (QED) is 0.850. The Morgan fingerprint density at radius 3 is 3.06 bits per heavy atom. The van der Waals surface area contributed by atoms with Crippen LogP contribution in [-0.4, -0.2) is 29.6 Å². The first-order valence-electron chi connectivity index (χ1n) is 5.97. The third-order valence-corrected chi connectivity index (χ3v) is 2.95. The normalized spacial score (nSPS) is 23.1. The molecule has 1 fully saturated rings. The summed E-state index contributed by atoms with van der Waals surface area (Å²) in [6.07, 6.45) is 3.23. The summed E-state index contributed by atoms with van der Waals surface area (Å²) in [5, 5.41) is 11.6. The van der Waals surface area contributed by atoms with E-state index in [9.17, 15) is 4.79 Å². The van der Waals surface area contributed by atoms with Crippen LogP contribution in [0.15, 0.2) is 18.3 Å². The van der Waals surface area contributed by atoms with E-state index in [4.69, 9.17) is 10.00 Å². The molecule has 1 amide bonds. The Balaban J connectivity index is 1.96. The number of pyridine rings is 1. The van der Waals surface area contributed by atoms with Gasteiger partial charge in [0.1, 0.15) is 11.8 Å². The maximum Gasteiger partial charge on any atom is 0.270 e. The Hall–Kier alpha value is -1.93. The van der Waals surface area contributed by atoms with E-state index in [0.717, 1.165) is 12.8 Å². The van der Waals surface area contributed by atoms with Gasteiger partial charge in [0.05, 0.1) is 11.7 Å². The molecule has 1 N–H and O–H groups in total. The van der Waals surface area contributed by atoms with Gasteiger partial charge in [0, 0.05) is 18.8 Å². The van der Waals surface area contributed by atoms with E-state index in [1.54, 1.807) is 12.1 Å². The van der Waals surface area contributed by atoms with Crippen molar-refractivity contribution in [1.29, 1.82) is 5.26 Å². The molecule has 0 aliphatic carbocycles. The van der Waals surface area contributed by atoms with Crippen LogP contribution in [0.2, 0.25) is 0 Å². The van der Waals surface area contributed by atoms with Crippen LogP contribution >= 0.6 is 0 Å². The standard InChI is InChI=1S/C13H15N3O2/c1-9-6-11(4-5-18-9)16-13(17)12-3-2-10(7-14)8-15-12/h2-3,8-9,11H,4-6H2,1H3,(H,16,17). The molecule has 0 bridgehead atoms. The van der Waals surface area contributed by atoms with Gasteiger partial charge >= 0.3 is 0 Å². The third kappa shape index (κ3) is 3.05. The van der Waals surface area contributed by atoms with Crippen LogP contribution in [0.1, 0.15) is 35.8 Å². The maximum atomic E-state index is 11.9. The molecule has 2 rings (SSSR count). The van der Waals surface area contributed by atoms with E-state index < -0.39 is 0 Å². The van der Waals surface area contributed by atoms with E-state index in [-0.39, 0.29) is 18.1 Å². The fraction of sp³-hybridized carbons (Fsp3) is 0.462. The van der Waals surface area contributed by atoms with Crippen molar-refractivity contribution in [3.05, 3.63) is 29.6 Å². The molecular weight excluding hydrogens is 230 g/mol. The minimum Gasteiger partial charge on any atom is -0.378 e. The molecule has 1 saturated heterocycles. The van der Waals surface area contributed by atoms with Crippen molar-refractivity contribution in [2.75, 3.05) is 6.61 Å². The lowest BCUT2D eigenvalue weighted by Gasteiger charge is -2.27. The van der Waals surface area contributed by atoms with Crippen molar-refractivity contribution in [2.24, 2.45) is 0 Å². The molecule has 2 heterocycles. The Morgan fingerprint density at radius 2 is 2.44 bits per heavy atom. The minimum atomic E-state index is -0.196. The van der Waals surface area contributed by atoms with Gasteiger partial charge < -0.3 is 10.1 Å². The SMILES string of the molecule is CC1CC(NC(=O)c2ccc(C#N)cn2)CCO1. The van der Waals surface area contributed by atoms with Gasteiger partial charge in [0.15, 0.2) is 0 Å². The van der Waals surface area contributed by atoms with Crippen LogP contribution in [0.5, 0.6) is 0 Å². The zero-order valence-electron chi connectivity index (χ0n) is 10.2. The average Bonchev–Trinajstić information content (AvgIpc) is 2.39. The summed E-state index contributed by atoms with van der Waals surface area (Å²) in [5.74, 6) is -0.196. The molecule has 0 aromatic carbocycles. The van der Waals surface area contributed by atoms with Crippen LogP contribution in [0.25, 0.3) is 0 Å². The lowest BCUT2D eigenvalue weighted by atomic mass is 10.0. The Bertz CT molecular complexity index is 464. The fourth-order valence-electron chi connectivity index (χ4n) is 1.98. The van der Waals surface area contributed by atoms with Gasteiger partial charge in [0.2, 0.25) is 0 Å². The Kier molecular flexibility index (Phi) is 3.90. The van der Waals surface area contributed by atoms with Gasteiger partial charge in [-0.2, -0.15) is 5.26 Å². The molecule has 94 valence electrons. The number of nitrogens with one attached hydrogen (secondary N) is 1. The summed E-state index contributed by atoms with van der Waals surface area (Å²) in [6.45, 7) is 2.67. The number of hydrogen-bond acceptors (Lipinski definition) is 4. The van der Waals surface area contributed by atoms with E-state index in [1.165, 1.54) is 6.20 Å². The number of nitriles is 1. The largest absolute Gasteiger partial charge is 0.378 e. The number of ether oxygens (including phenoxy) is 1. The maximum absolute atomic E-state index is 11.9. The first-order valence-corrected chi connectivity index (χ1v) is 5.97. The highest BCUT2D eigenvalue weighted by molar-refractivity contribution is 5.92. The summed E-state index contributed by atoms with van der Waals surface area (Å²) >= 11 is 0. The second-order valence-electron chi connectivity index (χ2n) is 4.42. The first-order chi connectivity index (χ1) is 8.69. The van der Waals surface area contributed by atoms with E-state index in [0.29, 0.717) is 17.9 Å². The molecule has 1 aromatic heterocycles. The molecule has 0 saturated carbocycles. The zero-order chi connectivity index (χ0) is 13.0. The van der Waals surface area contributed by atoms with Crippen molar-refractivity contribution in [3.63, 3.8) is 0 Å².